The molecule has 3 aliphatic rings. The molecule has 0 radical (unpaired) electrons. The Balaban J connectivity index is 1.23. The van der Waals surface area contributed by atoms with E-state index in [-0.39, 0.29) is 11.3 Å². The van der Waals surface area contributed by atoms with Crippen molar-refractivity contribution in [1.82, 2.24) is 15.1 Å². The predicted octanol–water partition coefficient (Wildman–Crippen LogP) is 4.04. The highest BCUT2D eigenvalue weighted by Gasteiger charge is 2.25. The fourth-order valence-electron chi connectivity index (χ4n) is 4.84. The van der Waals surface area contributed by atoms with Gasteiger partial charge in [-0.25, -0.2) is 0 Å². The highest BCUT2D eigenvalue weighted by atomic mass is 35.5. The van der Waals surface area contributed by atoms with E-state index in [9.17, 15) is 4.79 Å². The molecule has 1 aromatic rings. The minimum atomic E-state index is -0.173. The summed E-state index contributed by atoms with van der Waals surface area (Å²) < 4.78 is 2.28. The smallest absolute Gasteiger partial charge is 0.249 e. The van der Waals surface area contributed by atoms with Crippen molar-refractivity contribution in [2.45, 2.75) is 76.6 Å². The van der Waals surface area contributed by atoms with Crippen molar-refractivity contribution in [3.8, 4) is 0 Å². The second kappa shape index (κ2) is 8.81. The molecule has 0 aromatic carbocycles. The Morgan fingerprint density at radius 1 is 1.21 bits per heavy atom. The molecule has 4 rings (SSSR count). The molecule has 1 aliphatic heterocycles. The number of alkyl halides is 1. The normalized spacial score (nSPS) is 27.6. The second-order valence-corrected chi connectivity index (χ2v) is 9.23. The van der Waals surface area contributed by atoms with Crippen LogP contribution in [0.1, 0.15) is 63.1 Å². The third-order valence-corrected chi connectivity index (χ3v) is 6.90. The number of aromatic nitrogens is 2. The summed E-state index contributed by atoms with van der Waals surface area (Å²) in [6.07, 6.45) is 14.2. The van der Waals surface area contributed by atoms with Gasteiger partial charge in [-0.15, -0.1) is 11.6 Å². The van der Waals surface area contributed by atoms with Crippen molar-refractivity contribution < 1.29 is 4.79 Å². The molecule has 1 N–H and O–H groups in total. The van der Waals surface area contributed by atoms with Crippen LogP contribution in [-0.4, -0.2) is 33.8 Å². The largest absolute Gasteiger partial charge is 0.352 e. The Hall–Kier alpha value is -1.62. The first-order valence-electron chi connectivity index (χ1n) is 10.8. The van der Waals surface area contributed by atoms with E-state index in [0.717, 1.165) is 24.4 Å². The molecule has 0 saturated heterocycles. The number of halogens is 1. The van der Waals surface area contributed by atoms with Crippen LogP contribution in [0.5, 0.6) is 0 Å². The molecule has 1 saturated carbocycles. The van der Waals surface area contributed by atoms with Crippen LogP contribution in [0.2, 0.25) is 0 Å². The molecule has 1 fully saturated rings. The van der Waals surface area contributed by atoms with Crippen LogP contribution in [0.15, 0.2) is 22.5 Å². The number of aliphatic imine (C=N–C) groups is 1. The summed E-state index contributed by atoms with van der Waals surface area (Å²) in [6, 6.07) is 0. The number of hydrogen-bond donors (Lipinski definition) is 1. The van der Waals surface area contributed by atoms with E-state index < -0.39 is 0 Å². The summed E-state index contributed by atoms with van der Waals surface area (Å²) in [6.45, 7) is 3.71. The van der Waals surface area contributed by atoms with Crippen molar-refractivity contribution in [1.29, 1.82) is 0 Å². The van der Waals surface area contributed by atoms with Gasteiger partial charge < -0.3 is 5.32 Å². The van der Waals surface area contributed by atoms with Crippen LogP contribution in [0, 0.1) is 11.8 Å². The molecule has 28 heavy (non-hydrogen) atoms. The number of carbonyl (C=O) groups excluding carboxylic acids is 1. The Kier molecular flexibility index (Phi) is 6.19. The molecular weight excluding hydrogens is 372 g/mol. The van der Waals surface area contributed by atoms with Crippen LogP contribution >= 0.6 is 11.6 Å². The predicted molar refractivity (Wildman–Crippen MR) is 113 cm³/mol. The zero-order valence-electron chi connectivity index (χ0n) is 16.8. The van der Waals surface area contributed by atoms with Crippen LogP contribution in [0.4, 0.5) is 0 Å². The van der Waals surface area contributed by atoms with Crippen LogP contribution in [0.25, 0.3) is 0 Å². The summed E-state index contributed by atoms with van der Waals surface area (Å²) >= 11 is 6.12. The molecule has 2 aliphatic carbocycles. The Morgan fingerprint density at radius 2 is 1.96 bits per heavy atom. The van der Waals surface area contributed by atoms with E-state index in [1.165, 1.54) is 62.6 Å². The lowest BCUT2D eigenvalue weighted by Gasteiger charge is -2.29. The maximum absolute atomic E-state index is 12.5. The van der Waals surface area contributed by atoms with Gasteiger partial charge in [0.15, 0.2) is 0 Å². The number of aryl methyl sites for hydroxylation is 1. The number of amides is 1. The minimum absolute atomic E-state index is 0.00490. The van der Waals surface area contributed by atoms with Gasteiger partial charge >= 0.3 is 0 Å². The number of nitrogens with one attached hydrogen (secondary N) is 1. The van der Waals surface area contributed by atoms with Gasteiger partial charge in [-0.3, -0.25) is 14.5 Å². The monoisotopic (exact) mass is 402 g/mol. The van der Waals surface area contributed by atoms with Gasteiger partial charge in [-0.2, -0.15) is 5.10 Å². The van der Waals surface area contributed by atoms with Crippen LogP contribution in [-0.2, 0) is 24.2 Å². The SMILES string of the molecule is CC1=C(C(=O)NCC2CCC(Cn3ncc4c3CCCC4)CC2)CC(Cl)C=N1. The topological polar surface area (TPSA) is 59.3 Å². The molecule has 0 spiro atoms. The summed E-state index contributed by atoms with van der Waals surface area (Å²) in [4.78, 5) is 16.7. The van der Waals surface area contributed by atoms with E-state index in [4.69, 9.17) is 11.6 Å². The minimum Gasteiger partial charge on any atom is -0.352 e. The van der Waals surface area contributed by atoms with Gasteiger partial charge in [0, 0.05) is 42.7 Å². The molecule has 1 atom stereocenters. The van der Waals surface area contributed by atoms with Crippen molar-refractivity contribution in [3.63, 3.8) is 0 Å². The fourth-order valence-corrected chi connectivity index (χ4v) is 5.05. The van der Waals surface area contributed by atoms with E-state index in [0.29, 0.717) is 18.3 Å². The zero-order chi connectivity index (χ0) is 19.5. The molecule has 5 nitrogen and oxygen atoms in total. The maximum Gasteiger partial charge on any atom is 0.249 e. The van der Waals surface area contributed by atoms with Gasteiger partial charge in [-0.1, -0.05) is 0 Å². The van der Waals surface area contributed by atoms with Gasteiger partial charge in [0.2, 0.25) is 5.91 Å². The molecular formula is C22H31ClN4O. The Morgan fingerprint density at radius 3 is 2.79 bits per heavy atom. The number of nitrogens with zero attached hydrogens (tertiary/aromatic N) is 3. The maximum atomic E-state index is 12.5. The number of carbonyl (C=O) groups is 1. The van der Waals surface area contributed by atoms with E-state index in [1.807, 2.05) is 6.92 Å². The molecule has 1 aromatic heterocycles. The molecule has 152 valence electrons. The number of allylic oxidation sites excluding steroid dienone is 1. The fraction of sp³-hybridized carbons (Fsp3) is 0.682. The molecule has 1 unspecified atom stereocenters. The first-order valence-corrected chi connectivity index (χ1v) is 11.2. The van der Waals surface area contributed by atoms with Crippen molar-refractivity contribution >= 4 is 23.7 Å². The van der Waals surface area contributed by atoms with Gasteiger partial charge in [0.25, 0.3) is 0 Å². The van der Waals surface area contributed by atoms with Crippen LogP contribution < -0.4 is 5.32 Å². The summed E-state index contributed by atoms with van der Waals surface area (Å²) in [7, 11) is 0. The van der Waals surface area contributed by atoms with Crippen molar-refractivity contribution in [2.24, 2.45) is 16.8 Å². The lowest BCUT2D eigenvalue weighted by atomic mass is 9.82. The van der Waals surface area contributed by atoms with Gasteiger partial charge in [0.05, 0.1) is 11.6 Å². The number of hydrogen-bond acceptors (Lipinski definition) is 3. The lowest BCUT2D eigenvalue weighted by molar-refractivity contribution is -0.117. The average Bonchev–Trinajstić information content (AvgIpc) is 3.12. The summed E-state index contributed by atoms with van der Waals surface area (Å²) in [5.74, 6) is 1.30. The molecule has 2 heterocycles. The third-order valence-electron chi connectivity index (χ3n) is 6.63. The number of fused-ring (bicyclic) bond motifs is 1. The van der Waals surface area contributed by atoms with E-state index in [1.54, 1.807) is 6.21 Å². The van der Waals surface area contributed by atoms with E-state index in [2.05, 4.69) is 26.3 Å². The van der Waals surface area contributed by atoms with Crippen molar-refractivity contribution in [2.75, 3.05) is 6.54 Å². The summed E-state index contributed by atoms with van der Waals surface area (Å²) in [5, 5.41) is 7.62. The van der Waals surface area contributed by atoms with Crippen molar-refractivity contribution in [3.05, 3.63) is 28.7 Å². The highest BCUT2D eigenvalue weighted by molar-refractivity contribution is 6.29. The molecule has 6 heteroatoms. The molecule has 0 bridgehead atoms. The second-order valence-electron chi connectivity index (χ2n) is 8.66. The first kappa shape index (κ1) is 19.7. The Labute approximate surface area is 172 Å². The first-order chi connectivity index (χ1) is 13.6. The zero-order valence-corrected chi connectivity index (χ0v) is 17.5. The van der Waals surface area contributed by atoms with E-state index >= 15 is 0 Å². The third kappa shape index (κ3) is 4.51. The molecule has 1 amide bonds. The van der Waals surface area contributed by atoms with Gasteiger partial charge in [-0.05, 0) is 75.7 Å². The summed E-state index contributed by atoms with van der Waals surface area (Å²) in [5.41, 5.74) is 4.48. The van der Waals surface area contributed by atoms with Crippen LogP contribution in [0.3, 0.4) is 0 Å². The average molecular weight is 403 g/mol. The van der Waals surface area contributed by atoms with Gasteiger partial charge in [0.1, 0.15) is 0 Å². The lowest BCUT2D eigenvalue weighted by Crippen LogP contribution is -2.34. The standard InChI is InChI=1S/C22H31ClN4O/c1-15-20(10-19(23)13-24-15)22(28)25-11-16-6-8-17(9-7-16)14-27-21-5-3-2-4-18(21)12-26-27/h12-13,16-17,19H,2-11,14H2,1H3,(H,25,28). The number of rotatable bonds is 5. The highest BCUT2D eigenvalue weighted by Crippen LogP contribution is 2.31. The Bertz CT molecular complexity index is 773. The quantitative estimate of drug-likeness (QED) is 0.755.